The summed E-state index contributed by atoms with van der Waals surface area (Å²) in [6.07, 6.45) is 11.5. The minimum atomic E-state index is 0. The Morgan fingerprint density at radius 1 is 0.917 bits per heavy atom. The van der Waals surface area contributed by atoms with E-state index >= 15 is 0 Å². The lowest BCUT2D eigenvalue weighted by Gasteiger charge is -2.37. The minimum Gasteiger partial charge on any atom is -0.353 e. The zero-order valence-electron chi connectivity index (χ0n) is 14.5. The van der Waals surface area contributed by atoms with Crippen molar-refractivity contribution in [2.24, 2.45) is 23.5 Å². The van der Waals surface area contributed by atoms with Gasteiger partial charge in [0.2, 0.25) is 5.91 Å². The number of carbonyl (C=O) groups is 1. The summed E-state index contributed by atoms with van der Waals surface area (Å²) in [5.74, 6) is 1.55. The molecule has 0 aromatic carbocycles. The lowest BCUT2D eigenvalue weighted by molar-refractivity contribution is -0.128. The molecule has 4 atom stereocenters. The molecule has 2 bridgehead atoms. The number of hydrogen-bond donors (Lipinski definition) is 2. The van der Waals surface area contributed by atoms with Crippen molar-refractivity contribution in [1.29, 1.82) is 0 Å². The molecule has 4 unspecified atom stereocenters. The van der Waals surface area contributed by atoms with Crippen LogP contribution in [0.4, 0.5) is 0 Å². The van der Waals surface area contributed by atoms with Crippen LogP contribution in [0.3, 0.4) is 0 Å². The molecule has 4 aliphatic rings. The Balaban J connectivity index is 0.00000104. The van der Waals surface area contributed by atoms with Crippen molar-refractivity contribution in [3.8, 4) is 0 Å². The first-order chi connectivity index (χ1) is 10.7. The molecule has 4 fully saturated rings. The van der Waals surface area contributed by atoms with Gasteiger partial charge in [-0.15, -0.1) is 24.8 Å². The number of nitrogens with two attached hydrogens (primary N) is 1. The van der Waals surface area contributed by atoms with Gasteiger partial charge in [0, 0.05) is 31.2 Å². The fourth-order valence-electron chi connectivity index (χ4n) is 5.70. The molecule has 4 nitrogen and oxygen atoms in total. The summed E-state index contributed by atoms with van der Waals surface area (Å²) >= 11 is 0. The first-order valence-corrected chi connectivity index (χ1v) is 9.52. The molecule has 1 saturated heterocycles. The van der Waals surface area contributed by atoms with Gasteiger partial charge in [0.05, 0.1) is 5.92 Å². The largest absolute Gasteiger partial charge is 0.353 e. The molecule has 1 amide bonds. The number of likely N-dealkylation sites (tertiary alicyclic amines) is 1. The number of carbonyl (C=O) groups excluding carboxylic acids is 1. The summed E-state index contributed by atoms with van der Waals surface area (Å²) in [5, 5.41) is 3.34. The molecule has 6 heteroatoms. The molecule has 140 valence electrons. The normalized spacial score (nSPS) is 37.0. The Labute approximate surface area is 158 Å². The molecule has 3 saturated carbocycles. The number of amides is 1. The van der Waals surface area contributed by atoms with E-state index in [-0.39, 0.29) is 42.7 Å². The standard InChI is InChI=1S/C18H31N3O.2ClH/c19-17-13-6-5-12(11-13)16(17)18(22)20-14-7-9-21(10-8-14)15-3-1-2-4-15;;/h12-17H,1-11,19H2,(H,20,22);2*1H. The van der Waals surface area contributed by atoms with Gasteiger partial charge < -0.3 is 16.0 Å². The molecule has 3 aliphatic carbocycles. The fourth-order valence-corrected chi connectivity index (χ4v) is 5.70. The monoisotopic (exact) mass is 377 g/mol. The second-order valence-electron chi connectivity index (χ2n) is 8.19. The maximum atomic E-state index is 12.6. The average molecular weight is 378 g/mol. The number of nitrogens with zero attached hydrogens (tertiary/aromatic N) is 1. The molecule has 1 aliphatic heterocycles. The van der Waals surface area contributed by atoms with Crippen LogP contribution < -0.4 is 11.1 Å². The van der Waals surface area contributed by atoms with E-state index in [1.807, 2.05) is 0 Å². The van der Waals surface area contributed by atoms with Crippen LogP contribution in [0.15, 0.2) is 0 Å². The fraction of sp³-hybridized carbons (Fsp3) is 0.944. The SMILES string of the molecule is Cl.Cl.NC1C2CCC(C2)C1C(=O)NC1CCN(C2CCCC2)CC1. The molecule has 0 radical (unpaired) electrons. The highest BCUT2D eigenvalue weighted by Crippen LogP contribution is 2.47. The second kappa shape index (κ2) is 8.57. The Bertz CT molecular complexity index is 420. The van der Waals surface area contributed by atoms with Crippen LogP contribution in [0.25, 0.3) is 0 Å². The van der Waals surface area contributed by atoms with Crippen LogP contribution in [-0.2, 0) is 4.79 Å². The predicted molar refractivity (Wildman–Crippen MR) is 102 cm³/mol. The van der Waals surface area contributed by atoms with Crippen LogP contribution in [0.1, 0.15) is 57.8 Å². The first kappa shape index (κ1) is 20.3. The highest BCUT2D eigenvalue weighted by Gasteiger charge is 2.49. The predicted octanol–water partition coefficient (Wildman–Crippen LogP) is 2.73. The molecule has 24 heavy (non-hydrogen) atoms. The van der Waals surface area contributed by atoms with Gasteiger partial charge >= 0.3 is 0 Å². The number of rotatable bonds is 3. The molecule has 4 rings (SSSR count). The van der Waals surface area contributed by atoms with E-state index in [2.05, 4.69) is 10.2 Å². The van der Waals surface area contributed by atoms with E-state index in [1.165, 1.54) is 58.0 Å². The van der Waals surface area contributed by atoms with Crippen LogP contribution in [0.2, 0.25) is 0 Å². The minimum absolute atomic E-state index is 0. The molecule has 0 spiro atoms. The van der Waals surface area contributed by atoms with Gasteiger partial charge in [0.1, 0.15) is 0 Å². The summed E-state index contributed by atoms with van der Waals surface area (Å²) < 4.78 is 0. The topological polar surface area (TPSA) is 58.4 Å². The van der Waals surface area contributed by atoms with Gasteiger partial charge in [0.15, 0.2) is 0 Å². The molecular weight excluding hydrogens is 345 g/mol. The van der Waals surface area contributed by atoms with E-state index in [0.717, 1.165) is 18.9 Å². The summed E-state index contributed by atoms with van der Waals surface area (Å²) in [6, 6.07) is 1.34. The van der Waals surface area contributed by atoms with Gasteiger partial charge in [-0.05, 0) is 56.8 Å². The summed E-state index contributed by atoms with van der Waals surface area (Å²) in [6.45, 7) is 2.33. The number of hydrogen-bond acceptors (Lipinski definition) is 3. The summed E-state index contributed by atoms with van der Waals surface area (Å²) in [7, 11) is 0. The highest BCUT2D eigenvalue weighted by molar-refractivity contribution is 5.85. The van der Waals surface area contributed by atoms with E-state index in [4.69, 9.17) is 5.73 Å². The number of fused-ring (bicyclic) bond motifs is 2. The van der Waals surface area contributed by atoms with Crippen molar-refractivity contribution in [3.63, 3.8) is 0 Å². The van der Waals surface area contributed by atoms with Gasteiger partial charge in [-0.2, -0.15) is 0 Å². The van der Waals surface area contributed by atoms with Gasteiger partial charge in [-0.1, -0.05) is 12.8 Å². The van der Waals surface area contributed by atoms with Crippen molar-refractivity contribution in [2.75, 3.05) is 13.1 Å². The number of piperidine rings is 1. The molecule has 0 aromatic rings. The molecular formula is C18H33Cl2N3O. The maximum absolute atomic E-state index is 12.6. The lowest BCUT2D eigenvalue weighted by atomic mass is 9.84. The highest BCUT2D eigenvalue weighted by atomic mass is 35.5. The zero-order chi connectivity index (χ0) is 15.1. The van der Waals surface area contributed by atoms with Crippen molar-refractivity contribution < 1.29 is 4.79 Å². The van der Waals surface area contributed by atoms with Gasteiger partial charge in [-0.3, -0.25) is 4.79 Å². The van der Waals surface area contributed by atoms with Crippen molar-refractivity contribution in [1.82, 2.24) is 10.2 Å². The van der Waals surface area contributed by atoms with Gasteiger partial charge in [-0.25, -0.2) is 0 Å². The van der Waals surface area contributed by atoms with E-state index in [0.29, 0.717) is 17.9 Å². The van der Waals surface area contributed by atoms with E-state index in [9.17, 15) is 4.79 Å². The molecule has 1 heterocycles. The maximum Gasteiger partial charge on any atom is 0.225 e. The molecule has 3 N–H and O–H groups in total. The Morgan fingerprint density at radius 2 is 1.54 bits per heavy atom. The Morgan fingerprint density at radius 3 is 2.12 bits per heavy atom. The van der Waals surface area contributed by atoms with Crippen molar-refractivity contribution in [2.45, 2.75) is 75.9 Å². The van der Waals surface area contributed by atoms with E-state index in [1.54, 1.807) is 0 Å². The van der Waals surface area contributed by atoms with Gasteiger partial charge in [0.25, 0.3) is 0 Å². The Hall–Kier alpha value is -0.0300. The smallest absolute Gasteiger partial charge is 0.225 e. The summed E-state index contributed by atoms with van der Waals surface area (Å²) in [4.78, 5) is 15.3. The van der Waals surface area contributed by atoms with Crippen LogP contribution in [-0.4, -0.2) is 42.0 Å². The lowest BCUT2D eigenvalue weighted by Crippen LogP contribution is -2.51. The summed E-state index contributed by atoms with van der Waals surface area (Å²) in [5.41, 5.74) is 6.31. The third-order valence-electron chi connectivity index (χ3n) is 7.00. The first-order valence-electron chi connectivity index (χ1n) is 9.52. The second-order valence-corrected chi connectivity index (χ2v) is 8.19. The zero-order valence-corrected chi connectivity index (χ0v) is 16.1. The Kier molecular flexibility index (Phi) is 7.24. The van der Waals surface area contributed by atoms with Crippen LogP contribution in [0, 0.1) is 17.8 Å². The van der Waals surface area contributed by atoms with Crippen LogP contribution >= 0.6 is 24.8 Å². The number of nitrogens with one attached hydrogen (secondary N) is 1. The number of halogens is 2. The quantitative estimate of drug-likeness (QED) is 0.794. The van der Waals surface area contributed by atoms with Crippen LogP contribution in [0.5, 0.6) is 0 Å². The van der Waals surface area contributed by atoms with Crippen molar-refractivity contribution in [3.05, 3.63) is 0 Å². The third kappa shape index (κ3) is 3.87. The van der Waals surface area contributed by atoms with Crippen molar-refractivity contribution >= 4 is 30.7 Å². The molecule has 0 aromatic heterocycles. The van der Waals surface area contributed by atoms with E-state index < -0.39 is 0 Å². The third-order valence-corrected chi connectivity index (χ3v) is 7.00. The average Bonchev–Trinajstić information content (AvgIpc) is 3.25.